The van der Waals surface area contributed by atoms with Gasteiger partial charge in [-0.1, -0.05) is 26.8 Å². The number of hydrogen-bond acceptors (Lipinski definition) is 5. The van der Waals surface area contributed by atoms with Crippen LogP contribution in [0.15, 0.2) is 23.6 Å². The summed E-state index contributed by atoms with van der Waals surface area (Å²) >= 11 is 1.36. The molecule has 1 aliphatic heterocycles. The molecule has 0 saturated carbocycles. The number of amides is 2. The van der Waals surface area contributed by atoms with E-state index in [2.05, 4.69) is 41.3 Å². The largest absolute Gasteiger partial charge is 0.302 e. The highest BCUT2D eigenvalue weighted by Crippen LogP contribution is 2.32. The number of aromatic nitrogens is 3. The molecule has 7 nitrogen and oxygen atoms in total. The Bertz CT molecular complexity index is 1070. The van der Waals surface area contributed by atoms with E-state index in [1.807, 2.05) is 5.38 Å². The number of H-pyrrole nitrogens is 1. The van der Waals surface area contributed by atoms with E-state index < -0.39 is 11.7 Å². The summed E-state index contributed by atoms with van der Waals surface area (Å²) in [4.78, 5) is 31.0. The smallest absolute Gasteiger partial charge is 0.231 e. The van der Waals surface area contributed by atoms with Crippen molar-refractivity contribution < 1.29 is 14.0 Å². The Morgan fingerprint density at radius 3 is 2.89 bits per heavy atom. The number of fused-ring (bicyclic) bond motifs is 1. The Morgan fingerprint density at radius 1 is 1.39 bits per heavy atom. The minimum atomic E-state index is -0.548. The highest BCUT2D eigenvalue weighted by molar-refractivity contribution is 7.13. The van der Waals surface area contributed by atoms with E-state index in [0.29, 0.717) is 10.6 Å². The molecule has 2 amide bonds. The second kappa shape index (κ2) is 6.66. The molecule has 0 radical (unpaired) electrons. The summed E-state index contributed by atoms with van der Waals surface area (Å²) in [5, 5.41) is 12.3. The zero-order valence-corrected chi connectivity index (χ0v) is 16.6. The molecular weight excluding hydrogens is 381 g/mol. The number of halogens is 1. The maximum Gasteiger partial charge on any atom is 0.231 e. The number of hydrogen-bond donors (Lipinski definition) is 2. The number of nitrogens with zero attached hydrogens (tertiary/aromatic N) is 3. The van der Waals surface area contributed by atoms with E-state index in [4.69, 9.17) is 0 Å². The van der Waals surface area contributed by atoms with Crippen LogP contribution < -0.4 is 10.2 Å². The molecule has 28 heavy (non-hydrogen) atoms. The average Bonchev–Trinajstić information content (AvgIpc) is 3.32. The number of rotatable bonds is 3. The van der Waals surface area contributed by atoms with Crippen LogP contribution in [0.4, 0.5) is 15.3 Å². The number of carbonyl (C=O) groups excluding carboxylic acids is 2. The Morgan fingerprint density at radius 2 is 2.18 bits per heavy atom. The van der Waals surface area contributed by atoms with Crippen molar-refractivity contribution in [2.24, 2.45) is 5.92 Å². The number of thiazole rings is 1. The molecule has 0 aliphatic carbocycles. The van der Waals surface area contributed by atoms with E-state index in [1.165, 1.54) is 22.3 Å². The van der Waals surface area contributed by atoms with Crippen LogP contribution >= 0.6 is 11.3 Å². The molecule has 4 rings (SSSR count). The van der Waals surface area contributed by atoms with Crippen molar-refractivity contribution in [3.63, 3.8) is 0 Å². The van der Waals surface area contributed by atoms with Gasteiger partial charge in [-0.2, -0.15) is 5.10 Å². The highest BCUT2D eigenvalue weighted by Gasteiger charge is 2.37. The van der Waals surface area contributed by atoms with Crippen molar-refractivity contribution >= 4 is 45.0 Å². The third kappa shape index (κ3) is 3.26. The first-order valence-electron chi connectivity index (χ1n) is 8.94. The summed E-state index contributed by atoms with van der Waals surface area (Å²) in [6, 6.07) is 4.58. The fourth-order valence-electron chi connectivity index (χ4n) is 3.18. The van der Waals surface area contributed by atoms with Crippen LogP contribution in [0, 0.1) is 11.7 Å². The molecule has 0 spiro atoms. The summed E-state index contributed by atoms with van der Waals surface area (Å²) in [5.74, 6) is -1.32. The van der Waals surface area contributed by atoms with Gasteiger partial charge in [-0.3, -0.25) is 19.6 Å². The van der Waals surface area contributed by atoms with Gasteiger partial charge < -0.3 is 5.32 Å². The van der Waals surface area contributed by atoms with Crippen molar-refractivity contribution in [3.05, 3.63) is 35.1 Å². The second-order valence-corrected chi connectivity index (χ2v) is 8.75. The number of benzene rings is 1. The number of nitrogens with one attached hydrogen (secondary N) is 2. The maximum atomic E-state index is 14.2. The Balaban J connectivity index is 1.51. The van der Waals surface area contributed by atoms with Crippen LogP contribution in [0.3, 0.4) is 0 Å². The highest BCUT2D eigenvalue weighted by atomic mass is 32.1. The predicted molar refractivity (Wildman–Crippen MR) is 106 cm³/mol. The number of carbonyl (C=O) groups is 2. The Hall–Kier alpha value is -2.81. The molecule has 3 aromatic rings. The van der Waals surface area contributed by atoms with E-state index in [0.717, 1.165) is 5.69 Å². The van der Waals surface area contributed by atoms with E-state index >= 15 is 0 Å². The van der Waals surface area contributed by atoms with Gasteiger partial charge in [0.1, 0.15) is 5.82 Å². The molecule has 2 aromatic heterocycles. The monoisotopic (exact) mass is 401 g/mol. The molecule has 146 valence electrons. The van der Waals surface area contributed by atoms with Gasteiger partial charge in [-0.05, 0) is 12.1 Å². The zero-order valence-electron chi connectivity index (χ0n) is 15.7. The number of aromatic amines is 1. The summed E-state index contributed by atoms with van der Waals surface area (Å²) < 4.78 is 14.2. The number of anilines is 2. The standard InChI is InChI=1S/C19H20FN5O2S/c1-19(2,3)13-9-28-18(21-13)22-17(27)10-7-14(26)25(8-10)16-15-11(20)5-4-6-12(15)23-24-16/h4-6,9-10H,7-8H2,1-3H3,(H,23,24)(H,21,22,27)/t10-/m1/s1. The Kier molecular flexibility index (Phi) is 4.41. The molecule has 1 saturated heterocycles. The minimum absolute atomic E-state index is 0.0478. The normalized spacial score (nSPS) is 17.5. The van der Waals surface area contributed by atoms with Gasteiger partial charge >= 0.3 is 0 Å². The topological polar surface area (TPSA) is 91.0 Å². The lowest BCUT2D eigenvalue weighted by Gasteiger charge is -2.15. The van der Waals surface area contributed by atoms with Crippen LogP contribution in [0.25, 0.3) is 10.9 Å². The Labute approximate surface area is 165 Å². The van der Waals surface area contributed by atoms with E-state index in [1.54, 1.807) is 12.1 Å². The van der Waals surface area contributed by atoms with Crippen molar-refractivity contribution in [1.29, 1.82) is 0 Å². The quantitative estimate of drug-likeness (QED) is 0.703. The van der Waals surface area contributed by atoms with E-state index in [-0.39, 0.29) is 41.4 Å². The molecule has 1 aliphatic rings. The van der Waals surface area contributed by atoms with Gasteiger partial charge in [0.15, 0.2) is 10.9 Å². The van der Waals surface area contributed by atoms with Crippen LogP contribution in [0.5, 0.6) is 0 Å². The molecule has 1 atom stereocenters. The summed E-state index contributed by atoms with van der Waals surface area (Å²) in [7, 11) is 0. The van der Waals surface area contributed by atoms with Gasteiger partial charge in [0.05, 0.1) is 22.5 Å². The van der Waals surface area contributed by atoms with Crippen LogP contribution in [0.2, 0.25) is 0 Å². The second-order valence-electron chi connectivity index (χ2n) is 7.89. The first kappa shape index (κ1) is 18.5. The lowest BCUT2D eigenvalue weighted by molar-refractivity contribution is -0.122. The van der Waals surface area contributed by atoms with Crippen molar-refractivity contribution in [3.8, 4) is 0 Å². The van der Waals surface area contributed by atoms with Gasteiger partial charge in [-0.25, -0.2) is 9.37 Å². The molecule has 9 heteroatoms. The van der Waals surface area contributed by atoms with Gasteiger partial charge in [-0.15, -0.1) is 11.3 Å². The van der Waals surface area contributed by atoms with Crippen molar-refractivity contribution in [1.82, 2.24) is 15.2 Å². The third-order valence-electron chi connectivity index (χ3n) is 4.77. The first-order chi connectivity index (χ1) is 13.2. The van der Waals surface area contributed by atoms with Gasteiger partial charge in [0, 0.05) is 23.8 Å². The van der Waals surface area contributed by atoms with Crippen LogP contribution in [0.1, 0.15) is 32.9 Å². The molecule has 1 aromatic carbocycles. The maximum absolute atomic E-state index is 14.2. The zero-order chi connectivity index (χ0) is 20.1. The molecule has 0 bridgehead atoms. The molecule has 3 heterocycles. The molecule has 0 unspecified atom stereocenters. The van der Waals surface area contributed by atoms with Gasteiger partial charge in [0.25, 0.3) is 0 Å². The van der Waals surface area contributed by atoms with Crippen molar-refractivity contribution in [2.75, 3.05) is 16.8 Å². The van der Waals surface area contributed by atoms with Gasteiger partial charge in [0.2, 0.25) is 11.8 Å². The summed E-state index contributed by atoms with van der Waals surface area (Å²) in [5.41, 5.74) is 1.30. The van der Waals surface area contributed by atoms with Crippen molar-refractivity contribution in [2.45, 2.75) is 32.6 Å². The van der Waals surface area contributed by atoms with E-state index in [9.17, 15) is 14.0 Å². The fraction of sp³-hybridized carbons (Fsp3) is 0.368. The fourth-order valence-corrected chi connectivity index (χ4v) is 4.12. The lowest BCUT2D eigenvalue weighted by Crippen LogP contribution is -2.28. The SMILES string of the molecule is CC(C)(C)c1csc(NC(=O)[C@@H]2CC(=O)N(c3n[nH]c4cccc(F)c34)C2)n1. The lowest BCUT2D eigenvalue weighted by atomic mass is 9.93. The first-order valence-corrected chi connectivity index (χ1v) is 9.82. The van der Waals surface area contributed by atoms with Crippen LogP contribution in [-0.4, -0.2) is 33.5 Å². The van der Waals surface area contributed by atoms with Crippen LogP contribution in [-0.2, 0) is 15.0 Å². The minimum Gasteiger partial charge on any atom is -0.302 e. The third-order valence-corrected chi connectivity index (χ3v) is 5.53. The average molecular weight is 401 g/mol. The summed E-state index contributed by atoms with van der Waals surface area (Å²) in [6.07, 6.45) is 0.0478. The molecular formula is C19H20FN5O2S. The summed E-state index contributed by atoms with van der Waals surface area (Å²) in [6.45, 7) is 6.30. The molecule has 1 fully saturated rings. The molecule has 2 N–H and O–H groups in total. The predicted octanol–water partition coefficient (Wildman–Crippen LogP) is 3.45.